The average Bonchev–Trinajstić information content (AvgIpc) is 3.16. The summed E-state index contributed by atoms with van der Waals surface area (Å²) in [6.45, 7) is 2.58. The molecule has 1 aromatic carbocycles. The summed E-state index contributed by atoms with van der Waals surface area (Å²) >= 11 is 6.00. The first-order chi connectivity index (χ1) is 12.2. The van der Waals surface area contributed by atoms with Crippen LogP contribution in [0.1, 0.15) is 49.0 Å². The van der Waals surface area contributed by atoms with E-state index < -0.39 is 0 Å². The molecule has 6 heteroatoms. The number of amides is 1. The van der Waals surface area contributed by atoms with Gasteiger partial charge in [0.15, 0.2) is 0 Å². The van der Waals surface area contributed by atoms with E-state index in [1.807, 2.05) is 42.1 Å². The third-order valence-corrected chi connectivity index (χ3v) is 5.49. The number of nitrogens with zero attached hydrogens (tertiary/aromatic N) is 3. The third-order valence-electron chi connectivity index (χ3n) is 5.30. The molecule has 2 fully saturated rings. The van der Waals surface area contributed by atoms with Gasteiger partial charge in [0, 0.05) is 23.8 Å². The molecule has 0 radical (unpaired) electrons. The van der Waals surface area contributed by atoms with Gasteiger partial charge >= 0.3 is 0 Å². The lowest BCUT2D eigenvalue weighted by Crippen LogP contribution is -2.47. The van der Waals surface area contributed by atoms with Crippen LogP contribution < -0.4 is 4.74 Å². The van der Waals surface area contributed by atoms with E-state index in [-0.39, 0.29) is 18.0 Å². The van der Waals surface area contributed by atoms with Gasteiger partial charge in [-0.05, 0) is 56.9 Å². The molecule has 2 aromatic rings. The normalized spacial score (nSPS) is 25.2. The van der Waals surface area contributed by atoms with E-state index in [1.165, 1.54) is 0 Å². The minimum Gasteiger partial charge on any atom is -0.494 e. The van der Waals surface area contributed by atoms with Gasteiger partial charge in [-0.2, -0.15) is 5.10 Å². The molecule has 2 unspecified atom stereocenters. The average molecular weight is 360 g/mol. The summed E-state index contributed by atoms with van der Waals surface area (Å²) in [5.74, 6) is 0.934. The zero-order valence-electron chi connectivity index (χ0n) is 14.3. The minimum absolute atomic E-state index is 0.132. The maximum atomic E-state index is 13.0. The number of ether oxygens (including phenoxy) is 1. The second-order valence-electron chi connectivity index (χ2n) is 6.82. The van der Waals surface area contributed by atoms with Gasteiger partial charge in [-0.15, -0.1) is 0 Å². The molecule has 2 aliphatic rings. The van der Waals surface area contributed by atoms with Crippen molar-refractivity contribution in [1.29, 1.82) is 0 Å². The van der Waals surface area contributed by atoms with Crippen LogP contribution >= 0.6 is 11.6 Å². The van der Waals surface area contributed by atoms with Crippen molar-refractivity contribution in [2.24, 2.45) is 0 Å². The van der Waals surface area contributed by atoms with Crippen LogP contribution in [-0.4, -0.2) is 39.3 Å². The van der Waals surface area contributed by atoms with Crippen LogP contribution in [0.2, 0.25) is 5.02 Å². The van der Waals surface area contributed by atoms with Crippen molar-refractivity contribution in [3.63, 3.8) is 0 Å². The first kappa shape index (κ1) is 16.5. The highest BCUT2D eigenvalue weighted by molar-refractivity contribution is 6.30. The van der Waals surface area contributed by atoms with Crippen LogP contribution in [0.25, 0.3) is 0 Å². The van der Waals surface area contributed by atoms with E-state index in [0.29, 0.717) is 17.7 Å². The molecule has 2 atom stereocenters. The highest BCUT2D eigenvalue weighted by atomic mass is 35.5. The molecule has 1 aromatic heterocycles. The number of hydrogen-bond acceptors (Lipinski definition) is 3. The number of piperidine rings is 1. The Hall–Kier alpha value is -2.01. The maximum absolute atomic E-state index is 13.0. The topological polar surface area (TPSA) is 47.4 Å². The van der Waals surface area contributed by atoms with Crippen molar-refractivity contribution in [3.8, 4) is 5.75 Å². The Morgan fingerprint density at radius 2 is 1.88 bits per heavy atom. The molecule has 3 heterocycles. The predicted molar refractivity (Wildman–Crippen MR) is 96.1 cm³/mol. The van der Waals surface area contributed by atoms with E-state index in [9.17, 15) is 4.79 Å². The molecule has 2 bridgehead atoms. The summed E-state index contributed by atoms with van der Waals surface area (Å²) in [5.41, 5.74) is 0.737. The Kier molecular flexibility index (Phi) is 4.42. The summed E-state index contributed by atoms with van der Waals surface area (Å²) in [6, 6.07) is 8.37. The standard InChI is InChI=1S/C19H22ClN3O2/c1-2-25-18-7-3-13(4-8-18)19(24)23-15-5-6-16(23)10-17(9-15)22-12-14(20)11-21-22/h3-4,7-8,11-12,15-17H,2,5-6,9-10H2,1H3. The minimum atomic E-state index is 0.132. The quantitative estimate of drug-likeness (QED) is 0.830. The fourth-order valence-electron chi connectivity index (χ4n) is 4.22. The first-order valence-electron chi connectivity index (χ1n) is 8.91. The van der Waals surface area contributed by atoms with Gasteiger partial charge in [-0.3, -0.25) is 9.48 Å². The lowest BCUT2D eigenvalue weighted by molar-refractivity contribution is 0.0524. The Morgan fingerprint density at radius 1 is 1.20 bits per heavy atom. The smallest absolute Gasteiger partial charge is 0.254 e. The number of aromatic nitrogens is 2. The first-order valence-corrected chi connectivity index (χ1v) is 9.28. The number of halogens is 1. The lowest BCUT2D eigenvalue weighted by atomic mass is 9.96. The Morgan fingerprint density at radius 3 is 2.44 bits per heavy atom. The lowest BCUT2D eigenvalue weighted by Gasteiger charge is -2.39. The summed E-state index contributed by atoms with van der Waals surface area (Å²) in [4.78, 5) is 15.1. The van der Waals surface area contributed by atoms with Crippen molar-refractivity contribution >= 4 is 17.5 Å². The molecule has 0 aliphatic carbocycles. The molecule has 0 spiro atoms. The number of carbonyl (C=O) groups is 1. The van der Waals surface area contributed by atoms with Crippen molar-refractivity contribution in [1.82, 2.24) is 14.7 Å². The van der Waals surface area contributed by atoms with Gasteiger partial charge in [0.05, 0.1) is 23.9 Å². The number of fused-ring (bicyclic) bond motifs is 2. The van der Waals surface area contributed by atoms with E-state index in [0.717, 1.165) is 37.0 Å². The molecular weight excluding hydrogens is 338 g/mol. The number of rotatable bonds is 4. The van der Waals surface area contributed by atoms with E-state index in [2.05, 4.69) is 10.00 Å². The highest BCUT2D eigenvalue weighted by Gasteiger charge is 2.44. The van der Waals surface area contributed by atoms with Gasteiger partial charge in [-0.1, -0.05) is 11.6 Å². The fourth-order valence-corrected chi connectivity index (χ4v) is 4.36. The summed E-state index contributed by atoms with van der Waals surface area (Å²) in [5, 5.41) is 5.03. The van der Waals surface area contributed by atoms with Gasteiger partial charge < -0.3 is 9.64 Å². The van der Waals surface area contributed by atoms with Gasteiger partial charge in [0.1, 0.15) is 5.75 Å². The monoisotopic (exact) mass is 359 g/mol. The van der Waals surface area contributed by atoms with Gasteiger partial charge in [0.25, 0.3) is 5.91 Å². The molecule has 1 amide bonds. The molecule has 5 nitrogen and oxygen atoms in total. The fraction of sp³-hybridized carbons (Fsp3) is 0.474. The third kappa shape index (κ3) is 3.13. The van der Waals surface area contributed by atoms with Crippen LogP contribution in [0, 0.1) is 0 Å². The molecule has 2 saturated heterocycles. The zero-order valence-corrected chi connectivity index (χ0v) is 15.0. The zero-order chi connectivity index (χ0) is 17.4. The molecular formula is C19H22ClN3O2. The number of hydrogen-bond donors (Lipinski definition) is 0. The molecule has 0 N–H and O–H groups in total. The van der Waals surface area contributed by atoms with Crippen LogP contribution in [0.3, 0.4) is 0 Å². The largest absolute Gasteiger partial charge is 0.494 e. The molecule has 132 valence electrons. The van der Waals surface area contributed by atoms with Gasteiger partial charge in [0.2, 0.25) is 0 Å². The van der Waals surface area contributed by atoms with Gasteiger partial charge in [-0.25, -0.2) is 0 Å². The van der Waals surface area contributed by atoms with Crippen LogP contribution in [-0.2, 0) is 0 Å². The second kappa shape index (κ2) is 6.71. The van der Waals surface area contributed by atoms with Crippen molar-refractivity contribution in [2.45, 2.75) is 50.7 Å². The van der Waals surface area contributed by atoms with Crippen LogP contribution in [0.15, 0.2) is 36.7 Å². The number of carbonyl (C=O) groups excluding carboxylic acids is 1. The number of benzene rings is 1. The Labute approximate surface area is 152 Å². The summed E-state index contributed by atoms with van der Waals surface area (Å²) in [6.07, 6.45) is 7.59. The molecule has 2 aliphatic heterocycles. The highest BCUT2D eigenvalue weighted by Crippen LogP contribution is 2.41. The van der Waals surface area contributed by atoms with E-state index in [1.54, 1.807) is 6.20 Å². The van der Waals surface area contributed by atoms with Crippen molar-refractivity contribution < 1.29 is 9.53 Å². The Balaban J connectivity index is 1.49. The SMILES string of the molecule is CCOc1ccc(C(=O)N2C3CCC2CC(n2cc(Cl)cn2)C3)cc1. The van der Waals surface area contributed by atoms with E-state index in [4.69, 9.17) is 16.3 Å². The van der Waals surface area contributed by atoms with E-state index >= 15 is 0 Å². The van der Waals surface area contributed by atoms with Crippen molar-refractivity contribution in [3.05, 3.63) is 47.2 Å². The summed E-state index contributed by atoms with van der Waals surface area (Å²) < 4.78 is 7.42. The Bertz CT molecular complexity index is 744. The molecule has 4 rings (SSSR count). The second-order valence-corrected chi connectivity index (χ2v) is 7.26. The predicted octanol–water partition coefficient (Wildman–Crippen LogP) is 3.94. The molecule has 25 heavy (non-hydrogen) atoms. The van der Waals surface area contributed by atoms with Crippen LogP contribution in [0.5, 0.6) is 5.75 Å². The maximum Gasteiger partial charge on any atom is 0.254 e. The van der Waals surface area contributed by atoms with Crippen LogP contribution in [0.4, 0.5) is 0 Å². The molecule has 0 saturated carbocycles. The summed E-state index contributed by atoms with van der Waals surface area (Å²) in [7, 11) is 0. The van der Waals surface area contributed by atoms with Crippen molar-refractivity contribution in [2.75, 3.05) is 6.61 Å².